The summed E-state index contributed by atoms with van der Waals surface area (Å²) in [5.74, 6) is -0.0236. The van der Waals surface area contributed by atoms with Crippen LogP contribution in [0.5, 0.6) is 0 Å². The maximum Gasteiger partial charge on any atom is 0.305 e. The number of nitrogens with one attached hydrogen (secondary N) is 1. The van der Waals surface area contributed by atoms with Gasteiger partial charge in [0.25, 0.3) is 0 Å². The van der Waals surface area contributed by atoms with Crippen LogP contribution in [-0.4, -0.2) is 47.4 Å². The SMILES string of the molecule is CCCCCCCCC/C=C\CCCCCCCC(=O)OCCCCCCCCCCCCCC/C=C\CCCCCCCCCCCCC(=O)NC(CO)C(O)CCCCCCCCCCCCCCCCCCCCCCCCCC. The van der Waals surface area contributed by atoms with E-state index in [4.69, 9.17) is 4.74 Å². The van der Waals surface area contributed by atoms with Crippen molar-refractivity contribution in [2.24, 2.45) is 0 Å². The number of carbonyl (C=O) groups is 2. The molecule has 0 aromatic carbocycles. The molecule has 3 N–H and O–H groups in total. The fourth-order valence-electron chi connectivity index (χ4n) is 12.2. The number of ether oxygens (including phenoxy) is 1. The summed E-state index contributed by atoms with van der Waals surface area (Å²) in [5.41, 5.74) is 0. The molecule has 0 aliphatic heterocycles. The van der Waals surface area contributed by atoms with Crippen molar-refractivity contribution < 1.29 is 24.5 Å². The van der Waals surface area contributed by atoms with Crippen LogP contribution in [0.4, 0.5) is 0 Å². The quantitative estimate of drug-likeness (QED) is 0.0320. The number of hydrogen-bond donors (Lipinski definition) is 3. The van der Waals surface area contributed by atoms with Crippen LogP contribution in [0.3, 0.4) is 0 Å². The van der Waals surface area contributed by atoms with Crippen molar-refractivity contribution in [1.82, 2.24) is 5.32 Å². The van der Waals surface area contributed by atoms with E-state index >= 15 is 0 Å². The van der Waals surface area contributed by atoms with E-state index in [0.717, 1.165) is 44.9 Å². The zero-order valence-corrected chi connectivity index (χ0v) is 56.5. The molecule has 0 aliphatic rings. The normalized spacial score (nSPS) is 12.6. The monoisotopic (exact) mass is 1170 g/mol. The zero-order chi connectivity index (χ0) is 59.9. The van der Waals surface area contributed by atoms with Gasteiger partial charge in [-0.05, 0) is 77.0 Å². The highest BCUT2D eigenvalue weighted by molar-refractivity contribution is 5.76. The van der Waals surface area contributed by atoms with Gasteiger partial charge in [-0.1, -0.05) is 366 Å². The summed E-state index contributed by atoms with van der Waals surface area (Å²) in [6, 6.07) is -0.544. The molecule has 2 atom stereocenters. The Morgan fingerprint density at radius 3 is 0.855 bits per heavy atom. The lowest BCUT2D eigenvalue weighted by molar-refractivity contribution is -0.143. The third-order valence-corrected chi connectivity index (χ3v) is 18.0. The highest BCUT2D eigenvalue weighted by Crippen LogP contribution is 2.19. The lowest BCUT2D eigenvalue weighted by Crippen LogP contribution is -2.45. The van der Waals surface area contributed by atoms with E-state index in [1.165, 1.54) is 353 Å². The minimum atomic E-state index is -0.667. The van der Waals surface area contributed by atoms with E-state index < -0.39 is 12.1 Å². The fraction of sp³-hybridized carbons (Fsp3) is 0.922. The first-order valence-electron chi connectivity index (χ1n) is 38.1. The average molecular weight is 1170 g/mol. The Labute approximate surface area is 520 Å². The van der Waals surface area contributed by atoms with Gasteiger partial charge >= 0.3 is 5.97 Å². The van der Waals surface area contributed by atoms with Crippen LogP contribution in [0.15, 0.2) is 24.3 Å². The Morgan fingerprint density at radius 2 is 0.566 bits per heavy atom. The van der Waals surface area contributed by atoms with Gasteiger partial charge in [-0.15, -0.1) is 0 Å². The van der Waals surface area contributed by atoms with Gasteiger partial charge in [-0.3, -0.25) is 9.59 Å². The molecule has 492 valence electrons. The first kappa shape index (κ1) is 81.3. The van der Waals surface area contributed by atoms with E-state index in [1.54, 1.807) is 0 Å². The van der Waals surface area contributed by atoms with Crippen molar-refractivity contribution in [1.29, 1.82) is 0 Å². The highest BCUT2D eigenvalue weighted by atomic mass is 16.5. The molecule has 0 spiro atoms. The minimum Gasteiger partial charge on any atom is -0.466 e. The molecule has 0 aliphatic carbocycles. The molecule has 6 nitrogen and oxygen atoms in total. The molecule has 0 fully saturated rings. The summed E-state index contributed by atoms with van der Waals surface area (Å²) >= 11 is 0. The second kappa shape index (κ2) is 72.8. The third kappa shape index (κ3) is 69.3. The summed E-state index contributed by atoms with van der Waals surface area (Å²) in [6.45, 7) is 4.99. The number of allylic oxidation sites excluding steroid dienone is 4. The Morgan fingerprint density at radius 1 is 0.325 bits per heavy atom. The van der Waals surface area contributed by atoms with Crippen LogP contribution in [0.1, 0.15) is 431 Å². The minimum absolute atomic E-state index is 0.00805. The Kier molecular flexibility index (Phi) is 71.4. The zero-order valence-electron chi connectivity index (χ0n) is 56.5. The molecule has 0 heterocycles. The molecule has 2 unspecified atom stereocenters. The first-order chi connectivity index (χ1) is 41.0. The number of hydrogen-bond acceptors (Lipinski definition) is 5. The summed E-state index contributed by atoms with van der Waals surface area (Å²) < 4.78 is 5.50. The highest BCUT2D eigenvalue weighted by Gasteiger charge is 2.20. The lowest BCUT2D eigenvalue weighted by atomic mass is 10.0. The number of esters is 1. The standard InChI is InChI=1S/C77H149NO5/c1-3-5-7-9-11-13-15-17-19-21-22-23-24-29-32-35-38-41-45-49-53-57-61-65-69-75(80)74(73-79)78-76(81)70-66-62-58-54-50-46-42-39-36-33-30-27-25-26-28-31-34-37-40-44-48-52-56-60-64-68-72-83-77(82)71-67-63-59-55-51-47-43-20-18-16-14-12-10-8-6-4-2/h20,25,27,43,74-75,79-80H,3-19,21-24,26,28-42,44-73H2,1-2H3,(H,78,81)/b27-25-,43-20-. The van der Waals surface area contributed by atoms with Crippen LogP contribution >= 0.6 is 0 Å². The van der Waals surface area contributed by atoms with E-state index in [0.29, 0.717) is 25.9 Å². The summed E-state index contributed by atoms with van der Waals surface area (Å²) in [6.07, 6.45) is 92.5. The fourth-order valence-corrected chi connectivity index (χ4v) is 12.2. The van der Waals surface area contributed by atoms with Gasteiger partial charge in [0.1, 0.15) is 0 Å². The number of carbonyl (C=O) groups excluding carboxylic acids is 2. The van der Waals surface area contributed by atoms with Crippen molar-refractivity contribution in [2.75, 3.05) is 13.2 Å². The number of amides is 1. The second-order valence-electron chi connectivity index (χ2n) is 26.3. The number of aliphatic hydroxyl groups excluding tert-OH is 2. The Balaban J connectivity index is 3.39. The van der Waals surface area contributed by atoms with E-state index in [1.807, 2.05) is 0 Å². The van der Waals surface area contributed by atoms with Gasteiger partial charge in [0.15, 0.2) is 0 Å². The molecule has 0 saturated carbocycles. The van der Waals surface area contributed by atoms with Crippen LogP contribution in [0.25, 0.3) is 0 Å². The summed E-state index contributed by atoms with van der Waals surface area (Å²) in [5, 5.41) is 23.5. The maximum absolute atomic E-state index is 12.6. The largest absolute Gasteiger partial charge is 0.466 e. The second-order valence-corrected chi connectivity index (χ2v) is 26.3. The predicted molar refractivity (Wildman–Crippen MR) is 366 cm³/mol. The molecule has 6 heteroatoms. The number of rotatable bonds is 72. The van der Waals surface area contributed by atoms with Gasteiger partial charge in [0.05, 0.1) is 25.4 Å². The molecule has 0 rings (SSSR count). The van der Waals surface area contributed by atoms with E-state index in [9.17, 15) is 19.8 Å². The van der Waals surface area contributed by atoms with Gasteiger partial charge in [-0.2, -0.15) is 0 Å². The van der Waals surface area contributed by atoms with Crippen LogP contribution in [0, 0.1) is 0 Å². The summed E-state index contributed by atoms with van der Waals surface area (Å²) in [4.78, 5) is 24.7. The molecule has 0 bridgehead atoms. The van der Waals surface area contributed by atoms with Crippen molar-refractivity contribution in [3.8, 4) is 0 Å². The van der Waals surface area contributed by atoms with Crippen molar-refractivity contribution in [3.63, 3.8) is 0 Å². The van der Waals surface area contributed by atoms with E-state index in [2.05, 4.69) is 43.5 Å². The average Bonchev–Trinajstić information content (AvgIpc) is 3.49. The van der Waals surface area contributed by atoms with Gasteiger partial charge < -0.3 is 20.3 Å². The summed E-state index contributed by atoms with van der Waals surface area (Å²) in [7, 11) is 0. The molecule has 0 aromatic rings. The Bertz CT molecular complexity index is 1300. The Hall–Kier alpha value is -1.66. The van der Waals surface area contributed by atoms with Crippen molar-refractivity contribution >= 4 is 11.9 Å². The molecule has 83 heavy (non-hydrogen) atoms. The number of unbranched alkanes of at least 4 members (excludes halogenated alkanes) is 57. The number of aliphatic hydroxyl groups is 2. The molecule has 0 saturated heterocycles. The molecular weight excluding hydrogens is 1020 g/mol. The van der Waals surface area contributed by atoms with Crippen LogP contribution in [-0.2, 0) is 14.3 Å². The smallest absolute Gasteiger partial charge is 0.305 e. The third-order valence-electron chi connectivity index (χ3n) is 18.0. The van der Waals surface area contributed by atoms with Crippen LogP contribution in [0.2, 0.25) is 0 Å². The topological polar surface area (TPSA) is 95.9 Å². The molecule has 0 aromatic heterocycles. The van der Waals surface area contributed by atoms with Crippen molar-refractivity contribution in [2.45, 2.75) is 443 Å². The van der Waals surface area contributed by atoms with Crippen molar-refractivity contribution in [3.05, 3.63) is 24.3 Å². The molecule has 0 radical (unpaired) electrons. The molecule has 1 amide bonds. The molecular formula is C77H149NO5. The first-order valence-corrected chi connectivity index (χ1v) is 38.1. The predicted octanol–water partition coefficient (Wildman–Crippen LogP) is 24.9. The van der Waals surface area contributed by atoms with Gasteiger partial charge in [0, 0.05) is 12.8 Å². The van der Waals surface area contributed by atoms with Gasteiger partial charge in [-0.25, -0.2) is 0 Å². The van der Waals surface area contributed by atoms with Gasteiger partial charge in [0.2, 0.25) is 5.91 Å². The lowest BCUT2D eigenvalue weighted by Gasteiger charge is -2.22. The maximum atomic E-state index is 12.6. The van der Waals surface area contributed by atoms with Crippen LogP contribution < -0.4 is 5.32 Å². The van der Waals surface area contributed by atoms with E-state index in [-0.39, 0.29) is 18.5 Å².